The Bertz CT molecular complexity index is 2340. The van der Waals surface area contributed by atoms with Crippen LogP contribution in [-0.4, -0.2) is 31.4 Å². The highest BCUT2D eigenvalue weighted by Crippen LogP contribution is 2.35. The third kappa shape index (κ3) is 5.02. The van der Waals surface area contributed by atoms with Crippen LogP contribution in [0.5, 0.6) is 0 Å². The Hall–Kier alpha value is -6.66. The third-order valence-electron chi connectivity index (χ3n) is 8.55. The van der Waals surface area contributed by atoms with Crippen LogP contribution in [0, 0.1) is 0 Å². The second-order valence-corrected chi connectivity index (χ2v) is 11.6. The summed E-state index contributed by atoms with van der Waals surface area (Å²) in [4.78, 5) is 30.8. The van der Waals surface area contributed by atoms with Crippen LogP contribution in [0.1, 0.15) is 22.8 Å². The lowest BCUT2D eigenvalue weighted by atomic mass is 10.0. The van der Waals surface area contributed by atoms with E-state index in [1.54, 1.807) is 0 Å². The number of nitrogens with zero attached hydrogens (tertiary/aromatic N) is 6. The fourth-order valence-corrected chi connectivity index (χ4v) is 6.10. The van der Waals surface area contributed by atoms with Gasteiger partial charge in [-0.15, -0.1) is 0 Å². The molecule has 0 saturated heterocycles. The maximum atomic E-state index is 5.33. The number of aromatic nitrogens is 4. The van der Waals surface area contributed by atoms with Gasteiger partial charge in [-0.25, -0.2) is 20.0 Å². The Morgan fingerprint density at radius 3 is 1.19 bits per heavy atom. The summed E-state index contributed by atoms with van der Waals surface area (Å²) in [7, 11) is 0. The van der Waals surface area contributed by atoms with E-state index in [2.05, 4.69) is 48.5 Å². The Morgan fingerprint density at radius 2 is 0.771 bits per heavy atom. The van der Waals surface area contributed by atoms with Crippen molar-refractivity contribution in [3.63, 3.8) is 0 Å². The Kier molecular flexibility index (Phi) is 6.68. The summed E-state index contributed by atoms with van der Waals surface area (Å²) >= 11 is 0. The number of aliphatic imine (C=N–C) groups is 2. The van der Waals surface area contributed by atoms with E-state index < -0.39 is 0 Å². The molecule has 4 aromatic heterocycles. The minimum absolute atomic E-state index is 0.629. The maximum absolute atomic E-state index is 5.33. The average molecular weight is 615 g/mol. The van der Waals surface area contributed by atoms with Crippen molar-refractivity contribution in [2.75, 3.05) is 0 Å². The number of benzene rings is 4. The summed E-state index contributed by atoms with van der Waals surface area (Å²) in [6, 6.07) is 48.9. The number of pyridine rings is 4. The molecule has 8 aromatic rings. The summed E-state index contributed by atoms with van der Waals surface area (Å²) in [5.41, 5.74) is 11.2. The van der Waals surface area contributed by atoms with Crippen molar-refractivity contribution in [3.8, 4) is 22.3 Å². The molecule has 0 amide bonds. The molecule has 6 heteroatoms. The molecule has 0 bridgehead atoms. The second kappa shape index (κ2) is 11.6. The van der Waals surface area contributed by atoms with Crippen LogP contribution < -0.4 is 0 Å². The van der Waals surface area contributed by atoms with Crippen LogP contribution >= 0.6 is 0 Å². The molecule has 0 N–H and O–H groups in total. The van der Waals surface area contributed by atoms with Crippen LogP contribution in [-0.2, 0) is 0 Å². The topological polar surface area (TPSA) is 76.3 Å². The van der Waals surface area contributed by atoms with Gasteiger partial charge in [-0.1, -0.05) is 109 Å². The predicted molar refractivity (Wildman–Crippen MR) is 193 cm³/mol. The van der Waals surface area contributed by atoms with E-state index in [1.165, 1.54) is 0 Å². The molecular weight excluding hydrogens is 589 g/mol. The second-order valence-electron chi connectivity index (χ2n) is 11.6. The first-order chi connectivity index (χ1) is 23.8. The summed E-state index contributed by atoms with van der Waals surface area (Å²) in [5.74, 6) is 0. The van der Waals surface area contributed by atoms with Crippen molar-refractivity contribution in [2.24, 2.45) is 9.98 Å². The number of fused-ring (bicyclic) bond motifs is 4. The van der Waals surface area contributed by atoms with E-state index in [9.17, 15) is 0 Å². The quantitative estimate of drug-likeness (QED) is 0.198. The van der Waals surface area contributed by atoms with E-state index in [0.29, 0.717) is 45.6 Å². The van der Waals surface area contributed by atoms with Crippen molar-refractivity contribution in [2.45, 2.75) is 0 Å². The van der Waals surface area contributed by atoms with Crippen LogP contribution in [0.3, 0.4) is 0 Å². The molecule has 0 aliphatic carbocycles. The monoisotopic (exact) mass is 614 g/mol. The first-order valence-electron chi connectivity index (χ1n) is 15.8. The summed E-state index contributed by atoms with van der Waals surface area (Å²) in [5, 5.41) is 1.96. The molecule has 9 rings (SSSR count). The first kappa shape index (κ1) is 27.6. The minimum Gasteiger partial charge on any atom is -0.254 e. The molecule has 5 heterocycles. The van der Waals surface area contributed by atoms with Crippen molar-refractivity contribution in [3.05, 3.63) is 181 Å². The molecule has 1 aliphatic rings. The van der Waals surface area contributed by atoms with Gasteiger partial charge in [-0.05, 0) is 47.5 Å². The molecule has 6 nitrogen and oxygen atoms in total. The fourth-order valence-electron chi connectivity index (χ4n) is 6.10. The molecule has 0 atom stereocenters. The Labute approximate surface area is 276 Å². The van der Waals surface area contributed by atoms with Gasteiger partial charge in [0.2, 0.25) is 0 Å². The number of para-hydroxylation sites is 2. The lowest BCUT2D eigenvalue weighted by Gasteiger charge is -2.18. The summed E-state index contributed by atoms with van der Waals surface area (Å²) in [6.07, 6.45) is 3.78. The normalized spacial score (nSPS) is 14.6. The average Bonchev–Trinajstić information content (AvgIpc) is 3.16. The molecule has 48 heavy (non-hydrogen) atoms. The maximum Gasteiger partial charge on any atom is 0.117 e. The molecule has 0 unspecified atom stereocenters. The van der Waals surface area contributed by atoms with Crippen molar-refractivity contribution in [1.29, 1.82) is 0 Å². The zero-order valence-corrected chi connectivity index (χ0v) is 25.7. The minimum atomic E-state index is 0.629. The van der Waals surface area contributed by atoms with Gasteiger partial charge in [0.05, 0.1) is 33.8 Å². The molecule has 0 spiro atoms. The summed E-state index contributed by atoms with van der Waals surface area (Å²) in [6.45, 7) is 0. The van der Waals surface area contributed by atoms with Crippen molar-refractivity contribution in [1.82, 2.24) is 19.9 Å². The number of hydrogen-bond donors (Lipinski definition) is 0. The zero-order valence-electron chi connectivity index (χ0n) is 25.7. The van der Waals surface area contributed by atoms with E-state index in [0.717, 1.165) is 44.1 Å². The highest BCUT2D eigenvalue weighted by molar-refractivity contribution is 6.21. The fraction of sp³-hybridized carbons (Fsp3) is 0. The number of hydrogen-bond acceptors (Lipinski definition) is 6. The Morgan fingerprint density at radius 1 is 0.354 bits per heavy atom. The van der Waals surface area contributed by atoms with E-state index >= 15 is 0 Å². The standard InChI is InChI=1S/C42H26N6/c1-3-11-27(12-4-1)31-19-21-35(43-25-31)39-41-37(23-29-15-7-9-17-33(29)45-41)48-40(36-22-20-32(26-44-36)28-13-5-2-6-14-28)42-38(47-39)24-30-16-8-10-18-34(30)46-42/h1-26H/b41-39?,42-40?,47-38?,47-39-,48-37?,48-40-. The molecular formula is C42H26N6. The van der Waals surface area contributed by atoms with Gasteiger partial charge in [-0.2, -0.15) is 0 Å². The zero-order chi connectivity index (χ0) is 31.9. The lowest BCUT2D eigenvalue weighted by Crippen LogP contribution is -2.15. The van der Waals surface area contributed by atoms with Crippen LogP contribution in [0.15, 0.2) is 168 Å². The van der Waals surface area contributed by atoms with E-state index in [1.807, 2.05) is 109 Å². The predicted octanol–water partition coefficient (Wildman–Crippen LogP) is 9.56. The van der Waals surface area contributed by atoms with Gasteiger partial charge in [0.1, 0.15) is 22.8 Å². The molecule has 0 saturated carbocycles. The lowest BCUT2D eigenvalue weighted by molar-refractivity contribution is 1.22. The largest absolute Gasteiger partial charge is 0.254 e. The van der Waals surface area contributed by atoms with Gasteiger partial charge in [-0.3, -0.25) is 9.97 Å². The van der Waals surface area contributed by atoms with Crippen LogP contribution in [0.2, 0.25) is 0 Å². The van der Waals surface area contributed by atoms with Gasteiger partial charge in [0.15, 0.2) is 0 Å². The van der Waals surface area contributed by atoms with E-state index in [4.69, 9.17) is 29.9 Å². The van der Waals surface area contributed by atoms with Crippen molar-refractivity contribution >= 4 is 44.6 Å². The highest BCUT2D eigenvalue weighted by Gasteiger charge is 2.25. The van der Waals surface area contributed by atoms with E-state index in [-0.39, 0.29) is 0 Å². The van der Waals surface area contributed by atoms with Gasteiger partial charge < -0.3 is 0 Å². The third-order valence-corrected chi connectivity index (χ3v) is 8.55. The molecule has 1 aliphatic heterocycles. The Balaban J connectivity index is 1.29. The molecule has 224 valence electrons. The number of rotatable bonds is 4. The van der Waals surface area contributed by atoms with Crippen LogP contribution in [0.25, 0.3) is 44.1 Å². The SMILES string of the molecule is c1ccc(-c2ccc(/C3=N/c4cc5ccccc5nc4/C(c4ccc(-c5ccccc5)cn4)=N\c4cc5ccccc5nc43)nc2)cc1. The van der Waals surface area contributed by atoms with Crippen LogP contribution in [0.4, 0.5) is 11.4 Å². The molecule has 4 aromatic carbocycles. The molecule has 0 radical (unpaired) electrons. The summed E-state index contributed by atoms with van der Waals surface area (Å²) < 4.78 is 0. The first-order valence-corrected chi connectivity index (χ1v) is 15.8. The van der Waals surface area contributed by atoms with Gasteiger partial charge in [0.25, 0.3) is 0 Å². The van der Waals surface area contributed by atoms with Crippen molar-refractivity contribution < 1.29 is 0 Å². The smallest absolute Gasteiger partial charge is 0.117 e. The van der Waals surface area contributed by atoms with Gasteiger partial charge >= 0.3 is 0 Å². The highest BCUT2D eigenvalue weighted by atomic mass is 14.9. The molecule has 0 fully saturated rings. The van der Waals surface area contributed by atoms with Gasteiger partial charge in [0, 0.05) is 34.3 Å².